The van der Waals surface area contributed by atoms with Gasteiger partial charge in [0.2, 0.25) is 5.88 Å². The molecule has 0 fully saturated rings. The normalized spacial score (nSPS) is 10.7. The van der Waals surface area contributed by atoms with Gasteiger partial charge in [-0.15, -0.1) is 11.6 Å². The molecule has 0 amide bonds. The number of rotatable bonds is 3. The summed E-state index contributed by atoms with van der Waals surface area (Å²) >= 11 is 5.85. The molecule has 0 bridgehead atoms. The van der Waals surface area contributed by atoms with Gasteiger partial charge in [-0.25, -0.2) is 9.37 Å². The maximum absolute atomic E-state index is 13.2. The Morgan fingerprint density at radius 3 is 2.70 bits per heavy atom. The fourth-order valence-corrected chi connectivity index (χ4v) is 2.15. The summed E-state index contributed by atoms with van der Waals surface area (Å²) in [5, 5.41) is 1.86. The van der Waals surface area contributed by atoms with Crippen molar-refractivity contribution in [2.45, 2.75) is 5.88 Å². The van der Waals surface area contributed by atoms with Gasteiger partial charge >= 0.3 is 0 Å². The first-order valence-electron chi connectivity index (χ1n) is 6.14. The van der Waals surface area contributed by atoms with Crippen molar-refractivity contribution in [3.63, 3.8) is 0 Å². The lowest BCUT2D eigenvalue weighted by Gasteiger charge is -2.09. The molecule has 0 saturated carbocycles. The third kappa shape index (κ3) is 2.58. The smallest absolute Gasteiger partial charge is 0.227 e. The van der Waals surface area contributed by atoms with Crippen LogP contribution in [0.3, 0.4) is 0 Å². The van der Waals surface area contributed by atoms with E-state index in [-0.39, 0.29) is 5.82 Å². The lowest BCUT2D eigenvalue weighted by molar-refractivity contribution is 0.463. The summed E-state index contributed by atoms with van der Waals surface area (Å²) in [5.74, 6) is 0.795. The summed E-state index contributed by atoms with van der Waals surface area (Å²) in [6.07, 6.45) is 0. The molecular weight excluding hydrogens is 277 g/mol. The van der Waals surface area contributed by atoms with Gasteiger partial charge in [0.1, 0.15) is 11.6 Å². The third-order valence-corrected chi connectivity index (χ3v) is 3.18. The number of nitrogens with zero attached hydrogens (tertiary/aromatic N) is 1. The predicted octanol–water partition coefficient (Wildman–Crippen LogP) is 4.91. The first-order chi connectivity index (χ1) is 9.76. The van der Waals surface area contributed by atoms with Crippen molar-refractivity contribution in [1.82, 2.24) is 4.98 Å². The van der Waals surface area contributed by atoms with Crippen molar-refractivity contribution in [2.24, 2.45) is 0 Å². The monoisotopic (exact) mass is 287 g/mol. The van der Waals surface area contributed by atoms with Gasteiger partial charge in [-0.05, 0) is 29.7 Å². The first kappa shape index (κ1) is 12.9. The molecule has 0 spiro atoms. The number of pyridine rings is 1. The van der Waals surface area contributed by atoms with Crippen molar-refractivity contribution in [3.05, 3.63) is 66.1 Å². The Kier molecular flexibility index (Phi) is 3.52. The van der Waals surface area contributed by atoms with E-state index >= 15 is 0 Å². The molecule has 4 heteroatoms. The lowest BCUT2D eigenvalue weighted by atomic mass is 10.1. The highest BCUT2D eigenvalue weighted by Gasteiger charge is 2.08. The minimum absolute atomic E-state index is 0.296. The molecule has 0 aliphatic heterocycles. The Balaban J connectivity index is 2.10. The number of ether oxygens (including phenoxy) is 1. The molecule has 0 radical (unpaired) electrons. The van der Waals surface area contributed by atoms with Crippen molar-refractivity contribution >= 4 is 22.4 Å². The van der Waals surface area contributed by atoms with Crippen LogP contribution >= 0.6 is 11.6 Å². The highest BCUT2D eigenvalue weighted by molar-refractivity contribution is 6.17. The van der Waals surface area contributed by atoms with Gasteiger partial charge in [-0.1, -0.05) is 24.3 Å². The Morgan fingerprint density at radius 1 is 1.05 bits per heavy atom. The largest absolute Gasteiger partial charge is 0.438 e. The zero-order valence-corrected chi connectivity index (χ0v) is 11.3. The fourth-order valence-electron chi connectivity index (χ4n) is 2.01. The number of halogens is 2. The van der Waals surface area contributed by atoms with Crippen LogP contribution in [0, 0.1) is 5.82 Å². The second-order valence-corrected chi connectivity index (χ2v) is 4.60. The molecule has 20 heavy (non-hydrogen) atoms. The number of hydrogen-bond acceptors (Lipinski definition) is 2. The van der Waals surface area contributed by atoms with Gasteiger partial charge in [-0.2, -0.15) is 0 Å². The first-order valence-corrected chi connectivity index (χ1v) is 6.68. The van der Waals surface area contributed by atoms with Gasteiger partial charge in [0.15, 0.2) is 0 Å². The Hall–Kier alpha value is -2.13. The summed E-state index contributed by atoms with van der Waals surface area (Å²) in [6, 6.07) is 15.6. The second kappa shape index (κ2) is 5.47. The van der Waals surface area contributed by atoms with E-state index in [2.05, 4.69) is 4.98 Å². The number of alkyl halides is 1. The fraction of sp³-hybridized carbons (Fsp3) is 0.0625. The van der Waals surface area contributed by atoms with Crippen LogP contribution in [0.2, 0.25) is 0 Å². The highest BCUT2D eigenvalue weighted by Crippen LogP contribution is 2.29. The topological polar surface area (TPSA) is 22.1 Å². The summed E-state index contributed by atoms with van der Waals surface area (Å²) in [5.41, 5.74) is 0.719. The summed E-state index contributed by atoms with van der Waals surface area (Å²) < 4.78 is 18.9. The molecule has 1 heterocycles. The minimum Gasteiger partial charge on any atom is -0.438 e. The predicted molar refractivity (Wildman–Crippen MR) is 77.8 cm³/mol. The van der Waals surface area contributed by atoms with Crippen LogP contribution in [-0.2, 0) is 5.88 Å². The van der Waals surface area contributed by atoms with Gasteiger partial charge in [0.05, 0.1) is 11.6 Å². The molecule has 2 aromatic carbocycles. The van der Waals surface area contributed by atoms with Crippen LogP contribution in [0.1, 0.15) is 5.69 Å². The molecular formula is C16H11ClFNO. The van der Waals surface area contributed by atoms with Crippen molar-refractivity contribution in [1.29, 1.82) is 0 Å². The molecule has 1 aromatic heterocycles. The molecule has 0 atom stereocenters. The Bertz CT molecular complexity index is 760. The standard InChI is InChI=1S/C16H11ClFNO/c17-10-13-8-11-4-1-2-7-15(11)16(19-13)20-14-6-3-5-12(18)9-14/h1-9H,10H2. The van der Waals surface area contributed by atoms with Crippen LogP contribution in [0.25, 0.3) is 10.8 Å². The number of aromatic nitrogens is 1. The quantitative estimate of drug-likeness (QED) is 0.639. The second-order valence-electron chi connectivity index (χ2n) is 4.33. The zero-order chi connectivity index (χ0) is 13.9. The van der Waals surface area contributed by atoms with Gasteiger partial charge in [0.25, 0.3) is 0 Å². The van der Waals surface area contributed by atoms with Gasteiger partial charge in [-0.3, -0.25) is 0 Å². The lowest BCUT2D eigenvalue weighted by Crippen LogP contribution is -1.94. The van der Waals surface area contributed by atoms with Crippen LogP contribution < -0.4 is 4.74 Å². The third-order valence-electron chi connectivity index (χ3n) is 2.91. The van der Waals surface area contributed by atoms with E-state index in [1.54, 1.807) is 12.1 Å². The molecule has 3 aromatic rings. The van der Waals surface area contributed by atoms with E-state index < -0.39 is 0 Å². The van der Waals surface area contributed by atoms with E-state index in [0.29, 0.717) is 17.5 Å². The minimum atomic E-state index is -0.347. The summed E-state index contributed by atoms with van der Waals surface area (Å²) in [4.78, 5) is 4.37. The summed E-state index contributed by atoms with van der Waals surface area (Å²) in [6.45, 7) is 0. The molecule has 0 N–H and O–H groups in total. The maximum Gasteiger partial charge on any atom is 0.227 e. The van der Waals surface area contributed by atoms with E-state index in [0.717, 1.165) is 16.5 Å². The highest BCUT2D eigenvalue weighted by atomic mass is 35.5. The molecule has 0 saturated heterocycles. The molecule has 0 unspecified atom stereocenters. The van der Waals surface area contributed by atoms with E-state index in [9.17, 15) is 4.39 Å². The summed E-state index contributed by atoms with van der Waals surface area (Å²) in [7, 11) is 0. The Morgan fingerprint density at radius 2 is 1.90 bits per heavy atom. The maximum atomic E-state index is 13.2. The van der Waals surface area contributed by atoms with Gasteiger partial charge < -0.3 is 4.74 Å². The van der Waals surface area contributed by atoms with Crippen molar-refractivity contribution in [3.8, 4) is 11.6 Å². The molecule has 0 aliphatic carbocycles. The van der Waals surface area contributed by atoms with E-state index in [1.807, 2.05) is 30.3 Å². The van der Waals surface area contributed by atoms with Gasteiger partial charge in [0, 0.05) is 11.5 Å². The SMILES string of the molecule is Fc1cccc(Oc2nc(CCl)cc3ccccc23)c1. The number of hydrogen-bond donors (Lipinski definition) is 0. The molecule has 3 rings (SSSR count). The number of fused-ring (bicyclic) bond motifs is 1. The van der Waals surface area contributed by atoms with E-state index in [1.165, 1.54) is 12.1 Å². The molecule has 100 valence electrons. The average molecular weight is 288 g/mol. The van der Waals surface area contributed by atoms with Crippen LogP contribution in [0.4, 0.5) is 4.39 Å². The van der Waals surface area contributed by atoms with Crippen LogP contribution in [0.15, 0.2) is 54.6 Å². The van der Waals surface area contributed by atoms with Crippen LogP contribution in [-0.4, -0.2) is 4.98 Å². The molecule has 0 aliphatic rings. The number of benzene rings is 2. The van der Waals surface area contributed by atoms with Crippen LogP contribution in [0.5, 0.6) is 11.6 Å². The van der Waals surface area contributed by atoms with E-state index in [4.69, 9.17) is 16.3 Å². The van der Waals surface area contributed by atoms with Crippen molar-refractivity contribution in [2.75, 3.05) is 0 Å². The Labute approximate surface area is 120 Å². The zero-order valence-electron chi connectivity index (χ0n) is 10.5. The van der Waals surface area contributed by atoms with Crippen molar-refractivity contribution < 1.29 is 9.13 Å². The average Bonchev–Trinajstić information content (AvgIpc) is 2.47. The molecule has 2 nitrogen and oxygen atoms in total.